The minimum absolute atomic E-state index is 0.116. The van der Waals surface area contributed by atoms with Crippen LogP contribution in [0.5, 0.6) is 11.5 Å². The van der Waals surface area contributed by atoms with Gasteiger partial charge in [-0.3, -0.25) is 10.0 Å². The molecule has 0 aromatic heterocycles. The highest BCUT2D eigenvalue weighted by Crippen LogP contribution is 2.37. The topological polar surface area (TPSA) is 105 Å². The highest BCUT2D eigenvalue weighted by molar-refractivity contribution is 7.92. The van der Waals surface area contributed by atoms with E-state index in [4.69, 9.17) is 21.5 Å². The number of halogens is 1. The monoisotopic (exact) mass is 438 g/mol. The van der Waals surface area contributed by atoms with Crippen molar-refractivity contribution in [1.82, 2.24) is 10.8 Å². The molecule has 0 atom stereocenters. The zero-order valence-corrected chi connectivity index (χ0v) is 17.5. The lowest BCUT2D eigenvalue weighted by Crippen LogP contribution is -2.50. The van der Waals surface area contributed by atoms with Crippen LogP contribution in [0.25, 0.3) is 0 Å². The van der Waals surface area contributed by atoms with Crippen molar-refractivity contribution in [3.8, 4) is 11.5 Å². The van der Waals surface area contributed by atoms with Crippen LogP contribution in [0, 0.1) is 6.92 Å². The minimum Gasteiger partial charge on any atom is -0.457 e. The third kappa shape index (κ3) is 4.56. The smallest absolute Gasteiger partial charge is 0.244 e. The summed E-state index contributed by atoms with van der Waals surface area (Å²) in [4.78, 5) is 11.9. The minimum atomic E-state index is -3.82. The van der Waals surface area contributed by atoms with Crippen LogP contribution in [-0.2, 0) is 14.6 Å². The fourth-order valence-electron chi connectivity index (χ4n) is 3.51. The molecule has 1 amide bonds. The van der Waals surface area contributed by atoms with Crippen LogP contribution in [-0.4, -0.2) is 37.4 Å². The van der Waals surface area contributed by atoms with E-state index in [0.29, 0.717) is 29.6 Å². The summed E-state index contributed by atoms with van der Waals surface area (Å²) in [5.74, 6) is 0.364. The fourth-order valence-corrected chi connectivity index (χ4v) is 5.68. The average molecular weight is 439 g/mol. The van der Waals surface area contributed by atoms with E-state index in [2.05, 4.69) is 5.32 Å². The summed E-state index contributed by atoms with van der Waals surface area (Å²) >= 11 is 6.02. The first kappa shape index (κ1) is 21.6. The molecule has 1 aliphatic rings. The number of carbonyl (C=O) groups is 1. The zero-order valence-electron chi connectivity index (χ0n) is 15.9. The molecule has 0 radical (unpaired) electrons. The molecule has 3 N–H and O–H groups in total. The number of hydrogen-bond donors (Lipinski definition) is 3. The second-order valence-electron chi connectivity index (χ2n) is 7.13. The maximum atomic E-state index is 13.4. The number of piperidine rings is 1. The Labute approximate surface area is 174 Å². The summed E-state index contributed by atoms with van der Waals surface area (Å²) in [6.07, 6.45) is 0.270. The molecule has 1 aliphatic heterocycles. The molecule has 9 heteroatoms. The van der Waals surface area contributed by atoms with Gasteiger partial charge in [-0.2, -0.15) is 0 Å². The molecule has 3 rings (SSSR count). The number of ether oxygens (including phenoxy) is 1. The maximum Gasteiger partial charge on any atom is 0.244 e. The number of rotatable bonds is 6. The third-order valence-corrected chi connectivity index (χ3v) is 8.20. The molecule has 0 bridgehead atoms. The van der Waals surface area contributed by atoms with Gasteiger partial charge < -0.3 is 10.1 Å². The van der Waals surface area contributed by atoms with E-state index in [1.807, 2.05) is 6.92 Å². The van der Waals surface area contributed by atoms with E-state index in [-0.39, 0.29) is 24.2 Å². The number of hydrogen-bond acceptors (Lipinski definition) is 6. The van der Waals surface area contributed by atoms with E-state index < -0.39 is 20.5 Å². The van der Waals surface area contributed by atoms with Crippen molar-refractivity contribution in [3.05, 3.63) is 53.1 Å². The van der Waals surface area contributed by atoms with Gasteiger partial charge in [-0.1, -0.05) is 11.6 Å². The van der Waals surface area contributed by atoms with Gasteiger partial charge in [0, 0.05) is 11.4 Å². The Morgan fingerprint density at radius 2 is 1.79 bits per heavy atom. The van der Waals surface area contributed by atoms with Gasteiger partial charge in [-0.05, 0) is 80.9 Å². The third-order valence-electron chi connectivity index (χ3n) is 5.19. The highest BCUT2D eigenvalue weighted by atomic mass is 35.5. The van der Waals surface area contributed by atoms with Crippen molar-refractivity contribution in [2.45, 2.75) is 35.8 Å². The maximum absolute atomic E-state index is 13.4. The van der Waals surface area contributed by atoms with Crippen molar-refractivity contribution in [1.29, 1.82) is 0 Å². The number of benzene rings is 2. The molecule has 1 heterocycles. The van der Waals surface area contributed by atoms with Crippen LogP contribution in [0.1, 0.15) is 24.8 Å². The largest absolute Gasteiger partial charge is 0.457 e. The number of hydroxylamine groups is 1. The van der Waals surface area contributed by atoms with E-state index in [9.17, 15) is 13.2 Å². The fraction of sp³-hybridized carbons (Fsp3) is 0.350. The van der Waals surface area contributed by atoms with E-state index in [0.717, 1.165) is 5.56 Å². The predicted octanol–water partition coefficient (Wildman–Crippen LogP) is 3.23. The van der Waals surface area contributed by atoms with E-state index in [1.165, 1.54) is 12.1 Å². The van der Waals surface area contributed by atoms with Gasteiger partial charge in [0.15, 0.2) is 9.84 Å². The van der Waals surface area contributed by atoms with E-state index >= 15 is 0 Å². The molecule has 7 nitrogen and oxygen atoms in total. The molecule has 0 spiro atoms. The summed E-state index contributed by atoms with van der Waals surface area (Å²) < 4.78 is 31.2. The Bertz CT molecular complexity index is 986. The lowest BCUT2D eigenvalue weighted by Gasteiger charge is -2.36. The number of sulfone groups is 1. The van der Waals surface area contributed by atoms with E-state index in [1.54, 1.807) is 35.8 Å². The average Bonchev–Trinajstić information content (AvgIpc) is 2.71. The zero-order chi connectivity index (χ0) is 21.1. The van der Waals surface area contributed by atoms with Crippen molar-refractivity contribution in [2.75, 3.05) is 13.1 Å². The normalized spacial score (nSPS) is 16.2. The molecular formula is C20H23ClN2O5S. The second-order valence-corrected chi connectivity index (χ2v) is 9.88. The van der Waals surface area contributed by atoms with Gasteiger partial charge in [0.1, 0.15) is 11.5 Å². The van der Waals surface area contributed by atoms with Crippen molar-refractivity contribution in [2.24, 2.45) is 0 Å². The van der Waals surface area contributed by atoms with Crippen molar-refractivity contribution in [3.63, 3.8) is 0 Å². The van der Waals surface area contributed by atoms with Crippen molar-refractivity contribution < 1.29 is 23.2 Å². The van der Waals surface area contributed by atoms with Gasteiger partial charge in [-0.25, -0.2) is 13.9 Å². The summed E-state index contributed by atoms with van der Waals surface area (Å²) in [5.41, 5.74) is 2.43. The van der Waals surface area contributed by atoms with Gasteiger partial charge in [0.25, 0.3) is 0 Å². The van der Waals surface area contributed by atoms with Crippen molar-refractivity contribution >= 4 is 27.3 Å². The summed E-state index contributed by atoms with van der Waals surface area (Å²) in [6.45, 7) is 2.83. The van der Waals surface area contributed by atoms with Crippen LogP contribution >= 0.6 is 11.6 Å². The first-order valence-electron chi connectivity index (χ1n) is 9.20. The standard InChI is InChI=1S/C20H23ClN2O5S/c1-14-12-16(4-7-18(14)21)28-15-2-5-17(6-3-15)29(26,27)20(13-19(24)23-25)8-10-22-11-9-20/h2-7,12,22,25H,8-11,13H2,1H3,(H,23,24). The van der Waals surface area contributed by atoms with Gasteiger partial charge >= 0.3 is 0 Å². The highest BCUT2D eigenvalue weighted by Gasteiger charge is 2.46. The van der Waals surface area contributed by atoms with Crippen LogP contribution in [0.3, 0.4) is 0 Å². The molecule has 2 aromatic carbocycles. The molecule has 1 fully saturated rings. The number of carbonyl (C=O) groups excluding carboxylic acids is 1. The Balaban J connectivity index is 1.86. The lowest BCUT2D eigenvalue weighted by molar-refractivity contribution is -0.130. The molecule has 2 aromatic rings. The predicted molar refractivity (Wildman–Crippen MR) is 109 cm³/mol. The molecule has 0 unspecified atom stereocenters. The van der Waals surface area contributed by atoms with Gasteiger partial charge in [0.05, 0.1) is 9.64 Å². The van der Waals surface area contributed by atoms with Gasteiger partial charge in [-0.15, -0.1) is 0 Å². The first-order valence-corrected chi connectivity index (χ1v) is 11.1. The van der Waals surface area contributed by atoms with Crippen LogP contribution in [0.2, 0.25) is 5.02 Å². The molecule has 0 aliphatic carbocycles. The number of aryl methyl sites for hydroxylation is 1. The van der Waals surface area contributed by atoms with Crippen LogP contribution in [0.15, 0.2) is 47.4 Å². The molecule has 0 saturated carbocycles. The molecule has 1 saturated heterocycles. The summed E-state index contributed by atoms with van der Waals surface area (Å²) in [5, 5.41) is 12.6. The Kier molecular flexibility index (Phi) is 6.48. The molecule has 156 valence electrons. The van der Waals surface area contributed by atoms with Crippen LogP contribution in [0.4, 0.5) is 0 Å². The Morgan fingerprint density at radius 3 is 2.38 bits per heavy atom. The first-order chi connectivity index (χ1) is 13.8. The second kappa shape index (κ2) is 8.71. The van der Waals surface area contributed by atoms with Gasteiger partial charge in [0.2, 0.25) is 5.91 Å². The number of amides is 1. The number of nitrogens with one attached hydrogen (secondary N) is 2. The summed E-state index contributed by atoms with van der Waals surface area (Å²) in [6, 6.07) is 11.4. The lowest BCUT2D eigenvalue weighted by atomic mass is 9.93. The van der Waals surface area contributed by atoms with Crippen LogP contribution < -0.4 is 15.5 Å². The Hall–Kier alpha value is -2.13. The molecule has 29 heavy (non-hydrogen) atoms. The SMILES string of the molecule is Cc1cc(Oc2ccc(S(=O)(=O)C3(CC(=O)NO)CCNCC3)cc2)ccc1Cl. The Morgan fingerprint density at radius 1 is 1.17 bits per heavy atom. The summed E-state index contributed by atoms with van der Waals surface area (Å²) in [7, 11) is -3.82. The molecular weight excluding hydrogens is 416 g/mol. The quantitative estimate of drug-likeness (QED) is 0.472.